The molecule has 1 aromatic carbocycles. The van der Waals surface area contributed by atoms with Crippen LogP contribution in [0.3, 0.4) is 0 Å². The fraction of sp³-hybridized carbons (Fsp3) is 0.286. The van der Waals surface area contributed by atoms with E-state index in [1.54, 1.807) is 45.2 Å². The average Bonchev–Trinajstić information content (AvgIpc) is 2.94. The van der Waals surface area contributed by atoms with Gasteiger partial charge in [0.2, 0.25) is 11.9 Å². The molecule has 7 nitrogen and oxygen atoms in total. The third-order valence-electron chi connectivity index (χ3n) is 5.81. The van der Waals surface area contributed by atoms with Gasteiger partial charge in [-0.25, -0.2) is 4.98 Å². The number of benzene rings is 1. The molecule has 0 spiro atoms. The highest BCUT2D eigenvalue weighted by Gasteiger charge is 2.30. The number of rotatable bonds is 4. The van der Waals surface area contributed by atoms with Crippen LogP contribution in [0.1, 0.15) is 53.1 Å². The number of hydrogen-bond acceptors (Lipinski definition) is 5. The molecule has 1 aliphatic rings. The SMILES string of the molecule is CN1C(=O)[C@H](NC(=O)c2cc(Cc3cccc(F)n3)ccn2)CCc2ccc(C#CC(C)(C)O)cc21. The standard InChI is InChI=1S/C28H27FN4O3/c1-28(2,36)13-11-18-7-8-20-9-10-22(27(35)33(3)24(20)17-18)32-26(34)23-16-19(12-14-30-23)15-21-5-4-6-25(29)31-21/h4-8,12,14,16-17,22,36H,9-10,15H2,1-3H3,(H,32,34)/t22-/m1/s1. The van der Waals surface area contributed by atoms with Gasteiger partial charge < -0.3 is 15.3 Å². The van der Waals surface area contributed by atoms with Gasteiger partial charge in [0.25, 0.3) is 5.91 Å². The average molecular weight is 487 g/mol. The van der Waals surface area contributed by atoms with Gasteiger partial charge in [-0.2, -0.15) is 4.39 Å². The number of aryl methyl sites for hydroxylation is 1. The molecule has 8 heteroatoms. The molecule has 0 saturated carbocycles. The lowest BCUT2D eigenvalue weighted by Crippen LogP contribution is -2.47. The molecule has 0 radical (unpaired) electrons. The number of hydrogen-bond donors (Lipinski definition) is 2. The quantitative estimate of drug-likeness (QED) is 0.437. The van der Waals surface area contributed by atoms with Gasteiger partial charge in [-0.1, -0.05) is 24.0 Å². The topological polar surface area (TPSA) is 95.4 Å². The molecule has 0 bridgehead atoms. The van der Waals surface area contributed by atoms with Crippen LogP contribution in [0.15, 0.2) is 54.7 Å². The van der Waals surface area contributed by atoms with Crippen LogP contribution in [0.25, 0.3) is 0 Å². The minimum Gasteiger partial charge on any atom is -0.378 e. The van der Waals surface area contributed by atoms with Crippen LogP contribution < -0.4 is 10.2 Å². The van der Waals surface area contributed by atoms with Gasteiger partial charge >= 0.3 is 0 Å². The number of aromatic nitrogens is 2. The van der Waals surface area contributed by atoms with E-state index in [1.807, 2.05) is 18.2 Å². The molecule has 184 valence electrons. The predicted octanol–water partition coefficient (Wildman–Crippen LogP) is 3.04. The molecule has 2 amide bonds. The van der Waals surface area contributed by atoms with E-state index in [-0.39, 0.29) is 11.6 Å². The van der Waals surface area contributed by atoms with Crippen molar-refractivity contribution >= 4 is 17.5 Å². The van der Waals surface area contributed by atoms with Crippen LogP contribution in [0.2, 0.25) is 0 Å². The fourth-order valence-electron chi connectivity index (χ4n) is 4.00. The van der Waals surface area contributed by atoms with Gasteiger partial charge in [0.05, 0.1) is 0 Å². The van der Waals surface area contributed by atoms with Gasteiger partial charge in [-0.15, -0.1) is 0 Å². The first-order chi connectivity index (χ1) is 17.1. The van der Waals surface area contributed by atoms with E-state index >= 15 is 0 Å². The number of nitrogens with zero attached hydrogens (tertiary/aromatic N) is 3. The summed E-state index contributed by atoms with van der Waals surface area (Å²) < 4.78 is 13.4. The second kappa shape index (κ2) is 10.3. The molecule has 0 saturated heterocycles. The molecular formula is C28H27FN4O3. The Bertz CT molecular complexity index is 1370. The Morgan fingerprint density at radius 2 is 2.06 bits per heavy atom. The number of anilines is 1. The van der Waals surface area contributed by atoms with Crippen molar-refractivity contribution in [2.24, 2.45) is 0 Å². The Hall–Kier alpha value is -4.09. The number of likely N-dealkylation sites (N-methyl/N-ethyl adjacent to an activating group) is 1. The molecule has 0 fully saturated rings. The summed E-state index contributed by atoms with van der Waals surface area (Å²) in [5.41, 5.74) is 2.73. The molecule has 2 aromatic heterocycles. The van der Waals surface area contributed by atoms with Crippen molar-refractivity contribution in [3.05, 3.63) is 88.8 Å². The second-order valence-electron chi connectivity index (χ2n) is 9.29. The summed E-state index contributed by atoms with van der Waals surface area (Å²) in [7, 11) is 1.67. The summed E-state index contributed by atoms with van der Waals surface area (Å²) in [6.45, 7) is 3.21. The van der Waals surface area contributed by atoms with E-state index in [0.717, 1.165) is 16.8 Å². The molecule has 3 aromatic rings. The molecule has 4 rings (SSSR count). The fourth-order valence-corrected chi connectivity index (χ4v) is 4.00. The molecule has 3 heterocycles. The molecule has 0 aliphatic carbocycles. The largest absolute Gasteiger partial charge is 0.378 e. The van der Waals surface area contributed by atoms with Gasteiger partial charge in [-0.3, -0.25) is 14.6 Å². The number of carbonyl (C=O) groups excluding carboxylic acids is 2. The lowest BCUT2D eigenvalue weighted by molar-refractivity contribution is -0.120. The zero-order chi connectivity index (χ0) is 25.9. The Kier molecular flexibility index (Phi) is 7.13. The minimum absolute atomic E-state index is 0.172. The smallest absolute Gasteiger partial charge is 0.270 e. The van der Waals surface area contributed by atoms with E-state index in [1.165, 1.54) is 17.2 Å². The lowest BCUT2D eigenvalue weighted by Gasteiger charge is -2.22. The Labute approximate surface area is 209 Å². The highest BCUT2D eigenvalue weighted by Crippen LogP contribution is 2.27. The maximum atomic E-state index is 13.4. The lowest BCUT2D eigenvalue weighted by atomic mass is 10.0. The van der Waals surface area contributed by atoms with E-state index < -0.39 is 23.5 Å². The Morgan fingerprint density at radius 1 is 1.25 bits per heavy atom. The van der Waals surface area contributed by atoms with Gasteiger partial charge in [0.15, 0.2) is 0 Å². The van der Waals surface area contributed by atoms with Crippen LogP contribution in [0.5, 0.6) is 0 Å². The van der Waals surface area contributed by atoms with Gasteiger partial charge in [-0.05, 0) is 74.2 Å². The maximum Gasteiger partial charge on any atom is 0.270 e. The van der Waals surface area contributed by atoms with Crippen molar-refractivity contribution in [2.75, 3.05) is 11.9 Å². The number of aliphatic hydroxyl groups is 1. The zero-order valence-corrected chi connectivity index (χ0v) is 20.4. The molecule has 0 unspecified atom stereocenters. The predicted molar refractivity (Wildman–Crippen MR) is 134 cm³/mol. The first-order valence-electron chi connectivity index (χ1n) is 11.6. The Morgan fingerprint density at radius 3 is 2.81 bits per heavy atom. The second-order valence-corrected chi connectivity index (χ2v) is 9.29. The number of halogens is 1. The van der Waals surface area contributed by atoms with Crippen molar-refractivity contribution in [2.45, 2.75) is 44.8 Å². The summed E-state index contributed by atoms with van der Waals surface area (Å²) in [6, 6.07) is 12.8. The molecule has 2 N–H and O–H groups in total. The van der Waals surface area contributed by atoms with E-state index in [4.69, 9.17) is 0 Å². The van der Waals surface area contributed by atoms with E-state index in [9.17, 15) is 19.1 Å². The monoisotopic (exact) mass is 486 g/mol. The number of pyridine rings is 2. The molecule has 36 heavy (non-hydrogen) atoms. The normalized spacial score (nSPS) is 15.4. The first-order valence-corrected chi connectivity index (χ1v) is 11.6. The number of carbonyl (C=O) groups is 2. The molecular weight excluding hydrogens is 459 g/mol. The third kappa shape index (κ3) is 6.12. The summed E-state index contributed by atoms with van der Waals surface area (Å²) in [5.74, 6) is 4.45. The molecule has 1 atom stereocenters. The highest BCUT2D eigenvalue weighted by atomic mass is 19.1. The van der Waals surface area contributed by atoms with Gasteiger partial charge in [0.1, 0.15) is 17.3 Å². The van der Waals surface area contributed by atoms with Crippen LogP contribution in [-0.2, 0) is 17.6 Å². The van der Waals surface area contributed by atoms with Crippen molar-refractivity contribution in [3.8, 4) is 11.8 Å². The zero-order valence-electron chi connectivity index (χ0n) is 20.4. The minimum atomic E-state index is -1.12. The first kappa shape index (κ1) is 25.0. The summed E-state index contributed by atoms with van der Waals surface area (Å²) in [6.07, 6.45) is 2.88. The van der Waals surface area contributed by atoms with E-state index in [2.05, 4.69) is 27.1 Å². The van der Waals surface area contributed by atoms with Crippen LogP contribution in [0.4, 0.5) is 10.1 Å². The molecule has 1 aliphatic heterocycles. The van der Waals surface area contributed by atoms with Crippen LogP contribution in [-0.4, -0.2) is 45.6 Å². The van der Waals surface area contributed by atoms with Crippen molar-refractivity contribution in [3.63, 3.8) is 0 Å². The van der Waals surface area contributed by atoms with Gasteiger partial charge in [0, 0.05) is 36.6 Å². The van der Waals surface area contributed by atoms with Crippen LogP contribution in [0, 0.1) is 17.8 Å². The third-order valence-corrected chi connectivity index (χ3v) is 5.81. The maximum absolute atomic E-state index is 13.4. The van der Waals surface area contributed by atoms with Crippen molar-refractivity contribution in [1.82, 2.24) is 15.3 Å². The summed E-state index contributed by atoms with van der Waals surface area (Å²) in [5, 5.41) is 12.7. The number of nitrogens with one attached hydrogen (secondary N) is 1. The van der Waals surface area contributed by atoms with Crippen molar-refractivity contribution in [1.29, 1.82) is 0 Å². The van der Waals surface area contributed by atoms with Crippen LogP contribution >= 0.6 is 0 Å². The summed E-state index contributed by atoms with van der Waals surface area (Å²) >= 11 is 0. The van der Waals surface area contributed by atoms with E-state index in [0.29, 0.717) is 30.5 Å². The number of fused-ring (bicyclic) bond motifs is 1. The van der Waals surface area contributed by atoms with Crippen molar-refractivity contribution < 1.29 is 19.1 Å². The highest BCUT2D eigenvalue weighted by molar-refractivity contribution is 6.02. The number of amides is 2. The Balaban J connectivity index is 1.48. The summed E-state index contributed by atoms with van der Waals surface area (Å²) in [4.78, 5) is 35.7.